The summed E-state index contributed by atoms with van der Waals surface area (Å²) in [6, 6.07) is 0.306. The van der Waals surface area contributed by atoms with Gasteiger partial charge < -0.3 is 25.4 Å². The van der Waals surface area contributed by atoms with Gasteiger partial charge in [-0.25, -0.2) is 9.67 Å². The molecule has 11 heteroatoms. The summed E-state index contributed by atoms with van der Waals surface area (Å²) in [5, 5.41) is 38.8. The molecule has 1 aliphatic heterocycles. The van der Waals surface area contributed by atoms with Crippen LogP contribution in [-0.2, 0) is 11.2 Å². The van der Waals surface area contributed by atoms with Gasteiger partial charge in [0.25, 0.3) is 5.95 Å². The van der Waals surface area contributed by atoms with Crippen LogP contribution in [0.5, 0.6) is 0 Å². The number of aromatic nitrogens is 6. The number of nitrogens with one attached hydrogen (secondary N) is 1. The van der Waals surface area contributed by atoms with Crippen molar-refractivity contribution in [1.29, 1.82) is 0 Å². The van der Waals surface area contributed by atoms with Crippen LogP contribution >= 0.6 is 0 Å². The summed E-state index contributed by atoms with van der Waals surface area (Å²) in [6.45, 7) is 5.81. The van der Waals surface area contributed by atoms with E-state index in [4.69, 9.17) is 19.8 Å². The van der Waals surface area contributed by atoms with Crippen LogP contribution in [0.2, 0.25) is 0 Å². The Labute approximate surface area is 204 Å². The fourth-order valence-corrected chi connectivity index (χ4v) is 5.25. The molecule has 190 valence electrons. The maximum atomic E-state index is 10.6. The molecule has 3 aromatic rings. The Morgan fingerprint density at radius 3 is 2.60 bits per heavy atom. The molecule has 4 atom stereocenters. The van der Waals surface area contributed by atoms with Gasteiger partial charge in [0.1, 0.15) is 18.3 Å². The lowest BCUT2D eigenvalue weighted by atomic mass is 10.1. The van der Waals surface area contributed by atoms with E-state index in [0.717, 1.165) is 43.5 Å². The molecule has 4 N–H and O–H groups in total. The molecule has 4 heterocycles. The standard InChI is InChI=1S/C24H35N7O4/c1-4-5-10-16-13(2)29-31(14(16)3)24-27-21(26-15-8-6-7-9-15)18-22(28-24)30(12-25-18)23-20(34)19(33)17(11-32)35-23/h12,15,17,19-20,23,32-34H,4-11H2,1-3H3,(H,26,27,28)/t17-,19-,20-,23?/m1/s1. The molecule has 0 radical (unpaired) electrons. The summed E-state index contributed by atoms with van der Waals surface area (Å²) >= 11 is 0. The van der Waals surface area contributed by atoms with E-state index in [1.807, 2.05) is 13.8 Å². The minimum absolute atomic E-state index is 0.306. The minimum Gasteiger partial charge on any atom is -0.394 e. The SMILES string of the molecule is CCCCc1c(C)nn(-c2nc(NC3CCCC3)c3ncn(C4O[C@H](CO)[C@@H](O)[C@H]4O)c3n2)c1C. The van der Waals surface area contributed by atoms with E-state index in [2.05, 4.69) is 17.2 Å². The molecule has 1 unspecified atom stereocenters. The molecule has 0 amide bonds. The molecule has 35 heavy (non-hydrogen) atoms. The summed E-state index contributed by atoms with van der Waals surface area (Å²) in [5.41, 5.74) is 4.19. The number of aliphatic hydroxyl groups excluding tert-OH is 3. The van der Waals surface area contributed by atoms with E-state index in [1.54, 1.807) is 9.25 Å². The molecule has 1 aliphatic carbocycles. The fraction of sp³-hybridized carbons (Fsp3) is 0.667. The van der Waals surface area contributed by atoms with Crippen LogP contribution in [0.15, 0.2) is 6.33 Å². The average Bonchev–Trinajstić information content (AvgIpc) is 3.62. The predicted molar refractivity (Wildman–Crippen MR) is 129 cm³/mol. The van der Waals surface area contributed by atoms with Crippen molar-refractivity contribution >= 4 is 17.0 Å². The summed E-state index contributed by atoms with van der Waals surface area (Å²) in [7, 11) is 0. The number of rotatable bonds is 8. The predicted octanol–water partition coefficient (Wildman–Crippen LogP) is 1.94. The molecule has 1 saturated heterocycles. The van der Waals surface area contributed by atoms with Gasteiger partial charge in [-0.05, 0) is 45.1 Å². The van der Waals surface area contributed by atoms with Gasteiger partial charge in [0.05, 0.1) is 18.6 Å². The van der Waals surface area contributed by atoms with Crippen LogP contribution in [-0.4, -0.2) is 75.6 Å². The van der Waals surface area contributed by atoms with Crippen molar-refractivity contribution in [3.63, 3.8) is 0 Å². The van der Waals surface area contributed by atoms with Crippen LogP contribution in [0.4, 0.5) is 5.82 Å². The van der Waals surface area contributed by atoms with Crippen LogP contribution in [0.1, 0.15) is 68.6 Å². The van der Waals surface area contributed by atoms with Gasteiger partial charge in [-0.1, -0.05) is 26.2 Å². The Hall–Kier alpha value is -2.60. The van der Waals surface area contributed by atoms with Crippen molar-refractivity contribution in [2.24, 2.45) is 0 Å². The first kappa shape index (κ1) is 24.1. The highest BCUT2D eigenvalue weighted by molar-refractivity contribution is 5.84. The Morgan fingerprint density at radius 1 is 1.14 bits per heavy atom. The molecule has 1 saturated carbocycles. The normalized spacial score (nSPS) is 25.2. The number of imidazole rings is 1. The van der Waals surface area contributed by atoms with E-state index in [-0.39, 0.29) is 0 Å². The first-order valence-corrected chi connectivity index (χ1v) is 12.6. The van der Waals surface area contributed by atoms with E-state index in [1.165, 1.54) is 24.7 Å². The van der Waals surface area contributed by atoms with Crippen molar-refractivity contribution < 1.29 is 20.1 Å². The molecular formula is C24H35N7O4. The monoisotopic (exact) mass is 485 g/mol. The molecule has 3 aromatic heterocycles. The molecule has 2 fully saturated rings. The maximum absolute atomic E-state index is 10.6. The Morgan fingerprint density at radius 2 is 1.91 bits per heavy atom. The van der Waals surface area contributed by atoms with Crippen LogP contribution < -0.4 is 5.32 Å². The second-order valence-corrected chi connectivity index (χ2v) is 9.72. The molecule has 0 spiro atoms. The summed E-state index contributed by atoms with van der Waals surface area (Å²) in [5.74, 6) is 1.03. The molecule has 0 bridgehead atoms. The fourth-order valence-electron chi connectivity index (χ4n) is 5.25. The quantitative estimate of drug-likeness (QED) is 0.376. The van der Waals surface area contributed by atoms with Crippen molar-refractivity contribution in [3.05, 3.63) is 23.3 Å². The zero-order valence-corrected chi connectivity index (χ0v) is 20.6. The Bertz CT molecular complexity index is 1190. The molecule has 5 rings (SSSR count). The number of hydrogen-bond acceptors (Lipinski definition) is 9. The molecule has 2 aliphatic rings. The van der Waals surface area contributed by atoms with E-state index >= 15 is 0 Å². The number of aliphatic hydroxyl groups is 3. The summed E-state index contributed by atoms with van der Waals surface area (Å²) < 4.78 is 9.14. The molecule has 11 nitrogen and oxygen atoms in total. The van der Waals surface area contributed by atoms with Crippen molar-refractivity contribution in [3.8, 4) is 5.95 Å². The van der Waals surface area contributed by atoms with Crippen molar-refractivity contribution in [2.45, 2.75) is 96.3 Å². The van der Waals surface area contributed by atoms with Gasteiger partial charge in [-0.3, -0.25) is 4.57 Å². The van der Waals surface area contributed by atoms with Gasteiger partial charge in [0.2, 0.25) is 0 Å². The molecular weight excluding hydrogens is 450 g/mol. The number of unbranched alkanes of at least 4 members (excludes halogenated alkanes) is 1. The smallest absolute Gasteiger partial charge is 0.254 e. The first-order valence-electron chi connectivity index (χ1n) is 12.6. The largest absolute Gasteiger partial charge is 0.394 e. The third-order valence-corrected chi connectivity index (χ3v) is 7.31. The molecule has 0 aromatic carbocycles. The van der Waals surface area contributed by atoms with Gasteiger partial charge in [0, 0.05) is 11.7 Å². The summed E-state index contributed by atoms with van der Waals surface area (Å²) in [6.07, 6.45) is 4.89. The second-order valence-electron chi connectivity index (χ2n) is 9.72. The topological polar surface area (TPSA) is 143 Å². The zero-order valence-electron chi connectivity index (χ0n) is 20.6. The van der Waals surface area contributed by atoms with Gasteiger partial charge in [-0.2, -0.15) is 15.1 Å². The van der Waals surface area contributed by atoms with Crippen LogP contribution in [0.25, 0.3) is 17.1 Å². The third-order valence-electron chi connectivity index (χ3n) is 7.31. The van der Waals surface area contributed by atoms with Gasteiger partial charge in [0.15, 0.2) is 23.2 Å². The number of anilines is 1. The highest BCUT2D eigenvalue weighted by Gasteiger charge is 2.44. The van der Waals surface area contributed by atoms with Crippen molar-refractivity contribution in [1.82, 2.24) is 29.3 Å². The number of nitrogens with zero attached hydrogens (tertiary/aromatic N) is 6. The average molecular weight is 486 g/mol. The van der Waals surface area contributed by atoms with E-state index in [9.17, 15) is 15.3 Å². The zero-order chi connectivity index (χ0) is 24.7. The lowest BCUT2D eigenvalue weighted by Crippen LogP contribution is -2.33. The van der Waals surface area contributed by atoms with Crippen molar-refractivity contribution in [2.75, 3.05) is 11.9 Å². The maximum Gasteiger partial charge on any atom is 0.254 e. The van der Waals surface area contributed by atoms with E-state index < -0.39 is 31.1 Å². The number of ether oxygens (including phenoxy) is 1. The minimum atomic E-state index is -1.23. The Kier molecular flexibility index (Phi) is 6.75. The highest BCUT2D eigenvalue weighted by Crippen LogP contribution is 2.33. The number of hydrogen-bond donors (Lipinski definition) is 4. The van der Waals surface area contributed by atoms with Gasteiger partial charge >= 0.3 is 0 Å². The van der Waals surface area contributed by atoms with Gasteiger partial charge in [-0.15, -0.1) is 0 Å². The lowest BCUT2D eigenvalue weighted by molar-refractivity contribution is -0.0511. The highest BCUT2D eigenvalue weighted by atomic mass is 16.6. The lowest BCUT2D eigenvalue weighted by Gasteiger charge is -2.18. The van der Waals surface area contributed by atoms with Crippen LogP contribution in [0, 0.1) is 13.8 Å². The number of fused-ring (bicyclic) bond motifs is 1. The van der Waals surface area contributed by atoms with Crippen LogP contribution in [0.3, 0.4) is 0 Å². The summed E-state index contributed by atoms with van der Waals surface area (Å²) in [4.78, 5) is 14.2. The first-order chi connectivity index (χ1) is 16.9. The third kappa shape index (κ3) is 4.31. The second kappa shape index (κ2) is 9.81. The van der Waals surface area contributed by atoms with E-state index in [0.29, 0.717) is 29.0 Å². The number of aryl methyl sites for hydroxylation is 1. The Balaban J connectivity index is 1.61.